The first kappa shape index (κ1) is 14.9. The fourth-order valence-corrected chi connectivity index (χ4v) is 2.74. The Labute approximate surface area is 137 Å². The summed E-state index contributed by atoms with van der Waals surface area (Å²) in [5.74, 6) is 0.421. The number of benzene rings is 1. The van der Waals surface area contributed by atoms with Gasteiger partial charge >= 0.3 is 0 Å². The molecule has 4 rings (SSSR count). The minimum absolute atomic E-state index is 0.268. The van der Waals surface area contributed by atoms with Crippen molar-refractivity contribution in [3.05, 3.63) is 47.7 Å². The zero-order valence-electron chi connectivity index (χ0n) is 12.9. The van der Waals surface area contributed by atoms with Gasteiger partial charge in [0.15, 0.2) is 11.5 Å². The number of halogens is 1. The summed E-state index contributed by atoms with van der Waals surface area (Å²) in [7, 11) is 0. The number of hydrogen-bond acceptors (Lipinski definition) is 6. The molecule has 7 nitrogen and oxygen atoms in total. The van der Waals surface area contributed by atoms with Gasteiger partial charge in [-0.2, -0.15) is 4.98 Å². The summed E-state index contributed by atoms with van der Waals surface area (Å²) in [6.45, 7) is 1.46. The van der Waals surface area contributed by atoms with Gasteiger partial charge in [-0.3, -0.25) is 0 Å². The zero-order chi connectivity index (χ0) is 16.4. The zero-order valence-corrected chi connectivity index (χ0v) is 12.9. The van der Waals surface area contributed by atoms with Crippen LogP contribution in [-0.2, 0) is 11.2 Å². The minimum atomic E-state index is -0.283. The van der Waals surface area contributed by atoms with E-state index in [2.05, 4.69) is 20.5 Å². The molecular formula is C16H16FN5O2. The third-order valence-corrected chi connectivity index (χ3v) is 4.07. The summed E-state index contributed by atoms with van der Waals surface area (Å²) in [5, 5.41) is 12.1. The molecule has 0 unspecified atom stereocenters. The first-order valence-corrected chi connectivity index (χ1v) is 7.85. The Bertz CT molecular complexity index is 825. The van der Waals surface area contributed by atoms with E-state index in [0.29, 0.717) is 23.0 Å². The second-order valence-corrected chi connectivity index (χ2v) is 5.71. The summed E-state index contributed by atoms with van der Waals surface area (Å²) >= 11 is 0. The quantitative estimate of drug-likeness (QED) is 0.731. The lowest BCUT2D eigenvalue weighted by molar-refractivity contribution is 0.0657. The van der Waals surface area contributed by atoms with E-state index in [-0.39, 0.29) is 18.3 Å². The lowest BCUT2D eigenvalue weighted by Crippen LogP contribution is -2.19. The molecule has 0 saturated carbocycles. The van der Waals surface area contributed by atoms with Gasteiger partial charge in [0.1, 0.15) is 5.82 Å². The number of aromatic nitrogens is 5. The Morgan fingerprint density at radius 1 is 1.21 bits per heavy atom. The molecule has 0 aliphatic carbocycles. The van der Waals surface area contributed by atoms with Gasteiger partial charge < -0.3 is 9.26 Å². The molecule has 1 fully saturated rings. The van der Waals surface area contributed by atoms with Gasteiger partial charge in [-0.1, -0.05) is 28.6 Å². The van der Waals surface area contributed by atoms with Crippen molar-refractivity contribution in [2.24, 2.45) is 0 Å². The van der Waals surface area contributed by atoms with Gasteiger partial charge in [0, 0.05) is 19.6 Å². The maximum atomic E-state index is 13.7. The molecule has 1 aliphatic heterocycles. The van der Waals surface area contributed by atoms with Crippen molar-refractivity contribution in [2.45, 2.75) is 25.3 Å². The van der Waals surface area contributed by atoms with E-state index < -0.39 is 0 Å². The average molecular weight is 329 g/mol. The molecule has 0 spiro atoms. The van der Waals surface area contributed by atoms with Gasteiger partial charge in [0.05, 0.1) is 12.2 Å². The Balaban J connectivity index is 1.50. The molecule has 1 aromatic carbocycles. The van der Waals surface area contributed by atoms with Crippen LogP contribution in [-0.4, -0.2) is 38.3 Å². The third kappa shape index (κ3) is 3.05. The van der Waals surface area contributed by atoms with Crippen molar-refractivity contribution < 1.29 is 13.7 Å². The Morgan fingerprint density at radius 2 is 2.04 bits per heavy atom. The molecule has 124 valence electrons. The van der Waals surface area contributed by atoms with E-state index in [1.807, 2.05) is 4.68 Å². The molecule has 0 N–H and O–H groups in total. The Kier molecular flexibility index (Phi) is 4.04. The molecule has 1 aliphatic rings. The second kappa shape index (κ2) is 6.48. The van der Waals surface area contributed by atoms with Crippen molar-refractivity contribution in [1.29, 1.82) is 0 Å². The van der Waals surface area contributed by atoms with Crippen LogP contribution in [0.3, 0.4) is 0 Å². The maximum absolute atomic E-state index is 13.7. The largest absolute Gasteiger partial charge is 0.381 e. The molecule has 0 amide bonds. The van der Waals surface area contributed by atoms with Crippen LogP contribution in [0.5, 0.6) is 0 Å². The van der Waals surface area contributed by atoms with Crippen molar-refractivity contribution in [3.8, 4) is 11.6 Å². The van der Waals surface area contributed by atoms with E-state index in [9.17, 15) is 4.39 Å². The van der Waals surface area contributed by atoms with E-state index >= 15 is 0 Å². The molecule has 24 heavy (non-hydrogen) atoms. The van der Waals surface area contributed by atoms with Crippen molar-refractivity contribution in [3.63, 3.8) is 0 Å². The average Bonchev–Trinajstić information content (AvgIpc) is 3.27. The minimum Gasteiger partial charge on any atom is -0.381 e. The summed E-state index contributed by atoms with van der Waals surface area (Å²) in [4.78, 5) is 4.29. The van der Waals surface area contributed by atoms with Crippen LogP contribution in [0.15, 0.2) is 35.0 Å². The standard InChI is InChI=1S/C16H16FN5O2/c17-13-4-2-1-3-11(13)9-15-18-16(24-20-15)14-10-22(21-19-14)12-5-7-23-8-6-12/h1-4,10,12H,5-9H2. The molecule has 0 radical (unpaired) electrons. The topological polar surface area (TPSA) is 78.9 Å². The molecule has 3 aromatic rings. The van der Waals surface area contributed by atoms with Crippen LogP contribution in [0.2, 0.25) is 0 Å². The van der Waals surface area contributed by atoms with Crippen LogP contribution in [0, 0.1) is 5.82 Å². The number of hydrogen-bond donors (Lipinski definition) is 0. The smallest absolute Gasteiger partial charge is 0.280 e. The van der Waals surface area contributed by atoms with Crippen LogP contribution in [0.4, 0.5) is 4.39 Å². The van der Waals surface area contributed by atoms with Crippen LogP contribution >= 0.6 is 0 Å². The molecule has 0 atom stereocenters. The highest BCUT2D eigenvalue weighted by atomic mass is 19.1. The molecule has 8 heteroatoms. The van der Waals surface area contributed by atoms with Gasteiger partial charge in [0.25, 0.3) is 5.89 Å². The van der Waals surface area contributed by atoms with Crippen LogP contribution in [0.1, 0.15) is 30.3 Å². The van der Waals surface area contributed by atoms with Gasteiger partial charge in [-0.05, 0) is 24.5 Å². The lowest BCUT2D eigenvalue weighted by Gasteiger charge is -2.21. The van der Waals surface area contributed by atoms with Crippen LogP contribution < -0.4 is 0 Å². The maximum Gasteiger partial charge on any atom is 0.280 e. The molecule has 2 aromatic heterocycles. The monoisotopic (exact) mass is 329 g/mol. The van der Waals surface area contributed by atoms with E-state index in [1.54, 1.807) is 24.4 Å². The van der Waals surface area contributed by atoms with Crippen molar-refractivity contribution >= 4 is 0 Å². The van der Waals surface area contributed by atoms with E-state index in [1.165, 1.54) is 6.07 Å². The highest BCUT2D eigenvalue weighted by Gasteiger charge is 2.20. The lowest BCUT2D eigenvalue weighted by atomic mass is 10.1. The number of rotatable bonds is 4. The summed E-state index contributed by atoms with van der Waals surface area (Å²) in [6.07, 6.45) is 3.89. The van der Waals surface area contributed by atoms with E-state index in [4.69, 9.17) is 9.26 Å². The normalized spacial score (nSPS) is 15.7. The highest BCUT2D eigenvalue weighted by Crippen LogP contribution is 2.22. The third-order valence-electron chi connectivity index (χ3n) is 4.07. The SMILES string of the molecule is Fc1ccccc1Cc1noc(-c2cn(C3CCOCC3)nn2)n1. The second-order valence-electron chi connectivity index (χ2n) is 5.71. The summed E-state index contributed by atoms with van der Waals surface area (Å²) in [5.41, 5.74) is 1.05. The van der Waals surface area contributed by atoms with Crippen molar-refractivity contribution in [1.82, 2.24) is 25.1 Å². The predicted molar refractivity (Wildman–Crippen MR) is 81.6 cm³/mol. The molecular weight excluding hydrogens is 313 g/mol. The van der Waals surface area contributed by atoms with Gasteiger partial charge in [-0.25, -0.2) is 9.07 Å². The predicted octanol–water partition coefficient (Wildman–Crippen LogP) is 2.41. The summed E-state index contributed by atoms with van der Waals surface area (Å²) in [6, 6.07) is 6.82. The fourth-order valence-electron chi connectivity index (χ4n) is 2.74. The van der Waals surface area contributed by atoms with Gasteiger partial charge in [-0.15, -0.1) is 5.10 Å². The summed E-state index contributed by atoms with van der Waals surface area (Å²) < 4.78 is 26.1. The van der Waals surface area contributed by atoms with E-state index in [0.717, 1.165) is 26.1 Å². The fraction of sp³-hybridized carbons (Fsp3) is 0.375. The molecule has 0 bridgehead atoms. The number of nitrogens with zero attached hydrogens (tertiary/aromatic N) is 5. The van der Waals surface area contributed by atoms with Crippen LogP contribution in [0.25, 0.3) is 11.6 Å². The molecule has 1 saturated heterocycles. The first-order valence-electron chi connectivity index (χ1n) is 7.85. The first-order chi connectivity index (χ1) is 11.8. The molecule has 3 heterocycles. The number of ether oxygens (including phenoxy) is 1. The highest BCUT2D eigenvalue weighted by molar-refractivity contribution is 5.43. The van der Waals surface area contributed by atoms with Crippen molar-refractivity contribution in [2.75, 3.05) is 13.2 Å². The Hall–Kier alpha value is -2.61. The Morgan fingerprint density at radius 3 is 2.88 bits per heavy atom. The van der Waals surface area contributed by atoms with Gasteiger partial charge in [0.2, 0.25) is 0 Å².